The topological polar surface area (TPSA) is 46.9 Å². The SMILES string of the molecule is O=c1c2cc(Br)ccc2ncn1CC1CCNC1. The molecule has 0 bridgehead atoms. The van der Waals surface area contributed by atoms with Crippen LogP contribution in [-0.4, -0.2) is 22.6 Å². The number of hydrogen-bond donors (Lipinski definition) is 1. The molecule has 1 aliphatic heterocycles. The third-order valence-corrected chi connectivity index (χ3v) is 3.90. The lowest BCUT2D eigenvalue weighted by molar-refractivity contribution is 0.470. The molecule has 2 aromatic rings. The molecule has 1 aromatic carbocycles. The Morgan fingerprint density at radius 3 is 3.17 bits per heavy atom. The van der Waals surface area contributed by atoms with Gasteiger partial charge in [-0.3, -0.25) is 9.36 Å². The number of nitrogens with one attached hydrogen (secondary N) is 1. The minimum Gasteiger partial charge on any atom is -0.316 e. The predicted octanol–water partition coefficient (Wildman–Crippen LogP) is 1.77. The van der Waals surface area contributed by atoms with Crippen LogP contribution in [0.3, 0.4) is 0 Å². The summed E-state index contributed by atoms with van der Waals surface area (Å²) in [5.41, 5.74) is 0.803. The Labute approximate surface area is 113 Å². The summed E-state index contributed by atoms with van der Waals surface area (Å²) >= 11 is 3.39. The number of rotatable bonds is 2. The third kappa shape index (κ3) is 2.20. The summed E-state index contributed by atoms with van der Waals surface area (Å²) in [6, 6.07) is 5.61. The van der Waals surface area contributed by atoms with Crippen molar-refractivity contribution in [1.82, 2.24) is 14.9 Å². The molecule has 1 fully saturated rings. The zero-order valence-corrected chi connectivity index (χ0v) is 11.5. The van der Waals surface area contributed by atoms with Crippen LogP contribution in [0.2, 0.25) is 0 Å². The molecule has 0 amide bonds. The highest BCUT2D eigenvalue weighted by Gasteiger charge is 2.16. The Bertz CT molecular complexity index is 632. The minimum absolute atomic E-state index is 0.0493. The minimum atomic E-state index is 0.0493. The van der Waals surface area contributed by atoms with Gasteiger partial charge in [0.2, 0.25) is 0 Å². The van der Waals surface area contributed by atoms with Gasteiger partial charge in [-0.1, -0.05) is 15.9 Å². The summed E-state index contributed by atoms with van der Waals surface area (Å²) in [4.78, 5) is 16.7. The van der Waals surface area contributed by atoms with Crippen LogP contribution in [0.4, 0.5) is 0 Å². The zero-order valence-electron chi connectivity index (χ0n) is 9.90. The maximum atomic E-state index is 12.4. The lowest BCUT2D eigenvalue weighted by Gasteiger charge is -2.11. The van der Waals surface area contributed by atoms with Crippen LogP contribution < -0.4 is 10.9 Å². The molecule has 2 heterocycles. The first-order valence-electron chi connectivity index (χ1n) is 6.09. The molecule has 0 spiro atoms. The van der Waals surface area contributed by atoms with Crippen molar-refractivity contribution in [3.8, 4) is 0 Å². The van der Waals surface area contributed by atoms with Gasteiger partial charge in [0.1, 0.15) is 0 Å². The molecule has 1 unspecified atom stereocenters. The Morgan fingerprint density at radius 2 is 2.39 bits per heavy atom. The molecule has 1 aliphatic rings. The molecule has 3 rings (SSSR count). The zero-order chi connectivity index (χ0) is 12.5. The van der Waals surface area contributed by atoms with Gasteiger partial charge in [0, 0.05) is 11.0 Å². The molecule has 1 atom stereocenters. The van der Waals surface area contributed by atoms with E-state index in [4.69, 9.17) is 0 Å². The molecule has 1 saturated heterocycles. The van der Waals surface area contributed by atoms with Crippen LogP contribution in [0, 0.1) is 5.92 Å². The summed E-state index contributed by atoms with van der Waals surface area (Å²) in [6.07, 6.45) is 2.79. The number of fused-ring (bicyclic) bond motifs is 1. The van der Waals surface area contributed by atoms with Gasteiger partial charge in [0.05, 0.1) is 17.2 Å². The van der Waals surface area contributed by atoms with E-state index in [2.05, 4.69) is 26.2 Å². The Morgan fingerprint density at radius 1 is 1.50 bits per heavy atom. The van der Waals surface area contributed by atoms with E-state index < -0.39 is 0 Å². The standard InChI is InChI=1S/C13H14BrN3O/c14-10-1-2-12-11(5-10)13(18)17(8-16-12)7-9-3-4-15-6-9/h1-2,5,8-9,15H,3-4,6-7H2. The van der Waals surface area contributed by atoms with Gasteiger partial charge < -0.3 is 5.32 Å². The van der Waals surface area contributed by atoms with Crippen LogP contribution in [0.5, 0.6) is 0 Å². The maximum absolute atomic E-state index is 12.4. The highest BCUT2D eigenvalue weighted by Crippen LogP contribution is 2.15. The van der Waals surface area contributed by atoms with Crippen molar-refractivity contribution in [1.29, 1.82) is 0 Å². The number of hydrogen-bond acceptors (Lipinski definition) is 3. The van der Waals surface area contributed by atoms with Crippen molar-refractivity contribution >= 4 is 26.8 Å². The fourth-order valence-corrected chi connectivity index (χ4v) is 2.77. The van der Waals surface area contributed by atoms with Gasteiger partial charge in [0.25, 0.3) is 5.56 Å². The number of nitrogens with zero attached hydrogens (tertiary/aromatic N) is 2. The van der Waals surface area contributed by atoms with E-state index in [0.717, 1.165) is 36.0 Å². The van der Waals surface area contributed by atoms with Gasteiger partial charge in [0.15, 0.2) is 0 Å². The average Bonchev–Trinajstić information content (AvgIpc) is 2.86. The highest BCUT2D eigenvalue weighted by atomic mass is 79.9. The molecule has 1 N–H and O–H groups in total. The first kappa shape index (κ1) is 11.9. The summed E-state index contributed by atoms with van der Waals surface area (Å²) in [7, 11) is 0. The average molecular weight is 308 g/mol. The van der Waals surface area contributed by atoms with Crippen molar-refractivity contribution in [2.45, 2.75) is 13.0 Å². The fourth-order valence-electron chi connectivity index (χ4n) is 2.41. The molecule has 0 saturated carbocycles. The van der Waals surface area contributed by atoms with Gasteiger partial charge >= 0.3 is 0 Å². The maximum Gasteiger partial charge on any atom is 0.261 e. The fraction of sp³-hybridized carbons (Fsp3) is 0.385. The summed E-state index contributed by atoms with van der Waals surface area (Å²) in [6.45, 7) is 2.79. The number of aromatic nitrogens is 2. The van der Waals surface area contributed by atoms with Crippen LogP contribution in [0.1, 0.15) is 6.42 Å². The second kappa shape index (κ2) is 4.82. The smallest absolute Gasteiger partial charge is 0.261 e. The summed E-state index contributed by atoms with van der Waals surface area (Å²) in [5, 5.41) is 3.99. The quantitative estimate of drug-likeness (QED) is 0.920. The van der Waals surface area contributed by atoms with E-state index in [9.17, 15) is 4.79 Å². The molecule has 1 aromatic heterocycles. The van der Waals surface area contributed by atoms with Gasteiger partial charge in [-0.25, -0.2) is 4.98 Å². The van der Waals surface area contributed by atoms with Gasteiger partial charge in [-0.2, -0.15) is 0 Å². The van der Waals surface area contributed by atoms with Gasteiger partial charge in [-0.15, -0.1) is 0 Å². The third-order valence-electron chi connectivity index (χ3n) is 3.40. The highest BCUT2D eigenvalue weighted by molar-refractivity contribution is 9.10. The Kier molecular flexibility index (Phi) is 3.18. The van der Waals surface area contributed by atoms with Gasteiger partial charge in [-0.05, 0) is 43.6 Å². The number of halogens is 1. The normalized spacial score (nSPS) is 19.5. The van der Waals surface area contributed by atoms with Crippen LogP contribution in [0.15, 0.2) is 33.8 Å². The number of benzene rings is 1. The van der Waals surface area contributed by atoms with E-state index in [1.165, 1.54) is 0 Å². The van der Waals surface area contributed by atoms with Crippen LogP contribution >= 0.6 is 15.9 Å². The van der Waals surface area contributed by atoms with Crippen molar-refractivity contribution in [3.05, 3.63) is 39.4 Å². The molecule has 0 radical (unpaired) electrons. The van der Waals surface area contributed by atoms with Crippen LogP contribution in [-0.2, 0) is 6.54 Å². The second-order valence-electron chi connectivity index (χ2n) is 4.72. The lowest BCUT2D eigenvalue weighted by atomic mass is 10.1. The van der Waals surface area contributed by atoms with E-state index in [1.807, 2.05) is 18.2 Å². The predicted molar refractivity (Wildman–Crippen MR) is 74.7 cm³/mol. The van der Waals surface area contributed by atoms with Crippen molar-refractivity contribution in [2.24, 2.45) is 5.92 Å². The molecule has 4 nitrogen and oxygen atoms in total. The lowest BCUT2D eigenvalue weighted by Crippen LogP contribution is -2.25. The first-order valence-corrected chi connectivity index (χ1v) is 6.89. The van der Waals surface area contributed by atoms with Crippen LogP contribution in [0.25, 0.3) is 10.9 Å². The largest absolute Gasteiger partial charge is 0.316 e. The Hall–Kier alpha value is -1.20. The van der Waals surface area contributed by atoms with Crippen molar-refractivity contribution in [3.63, 3.8) is 0 Å². The van der Waals surface area contributed by atoms with Crippen molar-refractivity contribution in [2.75, 3.05) is 13.1 Å². The monoisotopic (exact) mass is 307 g/mol. The molecule has 18 heavy (non-hydrogen) atoms. The second-order valence-corrected chi connectivity index (χ2v) is 5.64. The molecular formula is C13H14BrN3O. The van der Waals surface area contributed by atoms with E-state index in [0.29, 0.717) is 11.3 Å². The molecule has 94 valence electrons. The summed E-state index contributed by atoms with van der Waals surface area (Å²) in [5.74, 6) is 0.536. The Balaban J connectivity index is 2.02. The molecular weight excluding hydrogens is 294 g/mol. The van der Waals surface area contributed by atoms with Crippen molar-refractivity contribution < 1.29 is 0 Å². The van der Waals surface area contributed by atoms with E-state index in [1.54, 1.807) is 10.9 Å². The first-order chi connectivity index (χ1) is 8.74. The van der Waals surface area contributed by atoms with E-state index >= 15 is 0 Å². The molecule has 0 aliphatic carbocycles. The molecule has 5 heteroatoms. The van der Waals surface area contributed by atoms with E-state index in [-0.39, 0.29) is 5.56 Å². The summed E-state index contributed by atoms with van der Waals surface area (Å²) < 4.78 is 2.64.